The van der Waals surface area contributed by atoms with E-state index in [1.165, 1.54) is 0 Å². The van der Waals surface area contributed by atoms with Gasteiger partial charge in [-0.2, -0.15) is 8.78 Å². The molecule has 1 heterocycles. The maximum Gasteiger partial charge on any atom is 0.377 e. The molecule has 1 N–H and O–H groups in total. The maximum atomic E-state index is 13.0. The van der Waals surface area contributed by atoms with Gasteiger partial charge in [-0.15, -0.1) is 0 Å². The zero-order valence-corrected chi connectivity index (χ0v) is 20.4. The Labute approximate surface area is 211 Å². The fraction of sp³-hybridized carbons (Fsp3) is 0.840. The van der Waals surface area contributed by atoms with Gasteiger partial charge in [0.05, 0.1) is 17.1 Å². The lowest BCUT2D eigenvalue weighted by molar-refractivity contribution is -0.275. The Morgan fingerprint density at radius 3 is 2.51 bits per heavy atom. The molecule has 7 fully saturated rings. The van der Waals surface area contributed by atoms with Gasteiger partial charge in [-0.3, -0.25) is 4.79 Å². The molecule has 0 aromatic heterocycles. The number of halogens is 2. The van der Waals surface area contributed by atoms with Gasteiger partial charge in [0.2, 0.25) is 0 Å². The number of rotatable bonds is 8. The SMILES string of the molecule is CC(F)(F)C(=O)OCC(=O)OC12CC3CC(O)(CC(OCC(=O)OC4C5CC6C(=O)OC4C6C5)(C3)C1)C2. The van der Waals surface area contributed by atoms with Crippen LogP contribution >= 0.6 is 0 Å². The summed E-state index contributed by atoms with van der Waals surface area (Å²) in [4.78, 5) is 48.4. The number of esters is 4. The average Bonchev–Trinajstić information content (AvgIpc) is 3.39. The van der Waals surface area contributed by atoms with E-state index in [0.29, 0.717) is 32.6 Å². The predicted octanol–water partition coefficient (Wildman–Crippen LogP) is 1.44. The van der Waals surface area contributed by atoms with E-state index in [0.717, 1.165) is 6.42 Å². The minimum absolute atomic E-state index is 0.0343. The largest absolute Gasteiger partial charge is 0.458 e. The summed E-state index contributed by atoms with van der Waals surface area (Å²) < 4.78 is 53.3. The summed E-state index contributed by atoms with van der Waals surface area (Å²) in [5.74, 6) is -7.27. The van der Waals surface area contributed by atoms with E-state index in [-0.39, 0.29) is 55.5 Å². The van der Waals surface area contributed by atoms with Gasteiger partial charge in [-0.1, -0.05) is 0 Å². The van der Waals surface area contributed by atoms with Gasteiger partial charge in [-0.05, 0) is 38.0 Å². The summed E-state index contributed by atoms with van der Waals surface area (Å²) in [6, 6.07) is 0. The van der Waals surface area contributed by atoms with Crippen LogP contribution in [0.15, 0.2) is 0 Å². The minimum atomic E-state index is -3.73. The van der Waals surface area contributed by atoms with Gasteiger partial charge >= 0.3 is 29.8 Å². The van der Waals surface area contributed by atoms with E-state index in [4.69, 9.17) is 18.9 Å². The van der Waals surface area contributed by atoms with Gasteiger partial charge in [0.25, 0.3) is 0 Å². The number of alkyl halides is 2. The zero-order chi connectivity index (χ0) is 26.4. The van der Waals surface area contributed by atoms with Crippen molar-refractivity contribution >= 4 is 23.9 Å². The van der Waals surface area contributed by atoms with E-state index in [9.17, 15) is 33.1 Å². The number of carbonyl (C=O) groups is 4. The Morgan fingerprint density at radius 1 is 1.05 bits per heavy atom. The summed E-state index contributed by atoms with van der Waals surface area (Å²) >= 11 is 0. The highest BCUT2D eigenvalue weighted by molar-refractivity contribution is 5.80. The highest BCUT2D eigenvalue weighted by Gasteiger charge is 2.66. The summed E-state index contributed by atoms with van der Waals surface area (Å²) in [5, 5.41) is 11.2. The van der Waals surface area contributed by atoms with Gasteiger partial charge in [0.15, 0.2) is 6.61 Å². The molecule has 7 aliphatic rings. The fourth-order valence-electron chi connectivity index (χ4n) is 8.47. The predicted molar refractivity (Wildman–Crippen MR) is 115 cm³/mol. The lowest BCUT2D eigenvalue weighted by atomic mass is 9.50. The third-order valence-corrected chi connectivity index (χ3v) is 9.12. The van der Waals surface area contributed by atoms with Gasteiger partial charge in [0.1, 0.15) is 24.4 Å². The Bertz CT molecular complexity index is 1040. The van der Waals surface area contributed by atoms with Crippen molar-refractivity contribution in [3.05, 3.63) is 0 Å². The molecule has 10 nitrogen and oxygen atoms in total. The molecule has 6 aliphatic carbocycles. The molecule has 1 aliphatic heterocycles. The Morgan fingerprint density at radius 2 is 1.78 bits per heavy atom. The highest BCUT2D eigenvalue weighted by Crippen LogP contribution is 2.62. The second-order valence-electron chi connectivity index (χ2n) is 12.2. The van der Waals surface area contributed by atoms with Crippen LogP contribution < -0.4 is 0 Å². The first kappa shape index (κ1) is 25.0. The van der Waals surface area contributed by atoms with Crippen LogP contribution in [0.2, 0.25) is 0 Å². The molecular formula is C25H30F2O10. The fourth-order valence-corrected chi connectivity index (χ4v) is 8.47. The first-order valence-electron chi connectivity index (χ1n) is 12.8. The molecule has 0 aromatic carbocycles. The number of aliphatic hydroxyl groups is 1. The summed E-state index contributed by atoms with van der Waals surface area (Å²) in [6.45, 7) is -0.965. The van der Waals surface area contributed by atoms with Crippen LogP contribution in [0.1, 0.15) is 58.3 Å². The molecule has 9 atom stereocenters. The molecular weight excluding hydrogens is 498 g/mol. The maximum absolute atomic E-state index is 13.0. The van der Waals surface area contributed by atoms with Crippen molar-refractivity contribution in [2.24, 2.45) is 23.7 Å². The van der Waals surface area contributed by atoms with Crippen LogP contribution in [0, 0.1) is 23.7 Å². The molecule has 12 heteroatoms. The van der Waals surface area contributed by atoms with Crippen molar-refractivity contribution in [1.82, 2.24) is 0 Å². The molecule has 204 valence electrons. The Balaban J connectivity index is 1.08. The van der Waals surface area contributed by atoms with E-state index >= 15 is 0 Å². The van der Waals surface area contributed by atoms with Crippen LogP contribution in [0.3, 0.4) is 0 Å². The van der Waals surface area contributed by atoms with Crippen molar-refractivity contribution in [2.45, 2.75) is 93.2 Å². The normalized spacial score (nSPS) is 44.6. The molecule has 37 heavy (non-hydrogen) atoms. The summed E-state index contributed by atoms with van der Waals surface area (Å²) in [7, 11) is 0. The molecule has 6 saturated carbocycles. The van der Waals surface area contributed by atoms with Crippen molar-refractivity contribution in [3.8, 4) is 0 Å². The lowest BCUT2D eigenvalue weighted by Gasteiger charge is -2.63. The average molecular weight is 529 g/mol. The van der Waals surface area contributed by atoms with Gasteiger partial charge in [0, 0.05) is 38.0 Å². The van der Waals surface area contributed by atoms with E-state index in [1.807, 2.05) is 0 Å². The number of carbonyl (C=O) groups excluding carboxylic acids is 4. The standard InChI is InChI=1S/C25H30F2O10/c1-22(26,27)21(31)33-7-17(29)37-25-6-12-4-23(32,10-25)9-24(5-12,11-25)34-8-16(28)35-18-13-2-14-15(3-13)20(30)36-19(14)18/h12-15,18-19,32H,2-11H2,1H3. The van der Waals surface area contributed by atoms with Crippen molar-refractivity contribution in [3.63, 3.8) is 0 Å². The molecule has 0 aromatic rings. The second kappa shape index (κ2) is 8.08. The third-order valence-electron chi connectivity index (χ3n) is 9.12. The zero-order valence-electron chi connectivity index (χ0n) is 20.4. The molecule has 1 saturated heterocycles. The molecule has 9 unspecified atom stereocenters. The third kappa shape index (κ3) is 4.29. The molecule has 0 amide bonds. The van der Waals surface area contributed by atoms with Crippen LogP contribution in [-0.4, -0.2) is 77.1 Å². The Kier molecular flexibility index (Phi) is 5.45. The van der Waals surface area contributed by atoms with Crippen molar-refractivity contribution in [1.29, 1.82) is 0 Å². The lowest BCUT2D eigenvalue weighted by Crippen LogP contribution is -2.68. The van der Waals surface area contributed by atoms with Crippen LogP contribution in [-0.2, 0) is 42.9 Å². The smallest absolute Gasteiger partial charge is 0.377 e. The van der Waals surface area contributed by atoms with Crippen molar-refractivity contribution < 1.29 is 56.7 Å². The topological polar surface area (TPSA) is 135 Å². The Hall–Kier alpha value is -2.34. The van der Waals surface area contributed by atoms with Gasteiger partial charge < -0.3 is 28.8 Å². The second-order valence-corrected chi connectivity index (χ2v) is 12.2. The molecule has 6 bridgehead atoms. The first-order chi connectivity index (χ1) is 17.3. The summed E-state index contributed by atoms with van der Waals surface area (Å²) in [5.41, 5.74) is -3.22. The number of hydrogen-bond donors (Lipinski definition) is 1. The number of fused-ring (bicyclic) bond motifs is 1. The van der Waals surface area contributed by atoms with E-state index in [1.54, 1.807) is 0 Å². The highest BCUT2D eigenvalue weighted by atomic mass is 19.3. The van der Waals surface area contributed by atoms with Crippen molar-refractivity contribution in [2.75, 3.05) is 13.2 Å². The minimum Gasteiger partial charge on any atom is -0.458 e. The first-order valence-corrected chi connectivity index (χ1v) is 12.8. The van der Waals surface area contributed by atoms with Gasteiger partial charge in [-0.25, -0.2) is 14.4 Å². The monoisotopic (exact) mass is 528 g/mol. The van der Waals surface area contributed by atoms with Crippen LogP contribution in [0.25, 0.3) is 0 Å². The van der Waals surface area contributed by atoms with Crippen LogP contribution in [0.4, 0.5) is 8.78 Å². The summed E-state index contributed by atoms with van der Waals surface area (Å²) in [6.07, 6.45) is 2.73. The molecule has 0 radical (unpaired) electrons. The van der Waals surface area contributed by atoms with Crippen LogP contribution in [0.5, 0.6) is 0 Å². The molecule has 0 spiro atoms. The van der Waals surface area contributed by atoms with E-state index in [2.05, 4.69) is 4.74 Å². The number of hydrogen-bond acceptors (Lipinski definition) is 10. The van der Waals surface area contributed by atoms with E-state index < -0.39 is 59.4 Å². The molecule has 7 rings (SSSR count). The number of ether oxygens (including phenoxy) is 5. The quantitative estimate of drug-likeness (QED) is 0.364.